The van der Waals surface area contributed by atoms with Gasteiger partial charge in [0.05, 0.1) is 13.7 Å². The molecule has 0 bridgehead atoms. The summed E-state index contributed by atoms with van der Waals surface area (Å²) in [5.74, 6) is -0.708. The molecule has 1 aromatic heterocycles. The Hall–Kier alpha value is -2.30. The molecule has 0 saturated carbocycles. The van der Waals surface area contributed by atoms with E-state index in [1.165, 1.54) is 14.0 Å². The van der Waals surface area contributed by atoms with E-state index in [4.69, 9.17) is 4.74 Å². The first-order chi connectivity index (χ1) is 9.11. The Labute approximate surface area is 111 Å². The molecule has 0 spiro atoms. The lowest BCUT2D eigenvalue weighted by Gasteiger charge is -2.16. The Bertz CT molecular complexity index is 604. The fraction of sp³-hybridized carbons (Fsp3) is 0.286. The number of fused-ring (bicyclic) bond motifs is 1. The van der Waals surface area contributed by atoms with Gasteiger partial charge in [0.1, 0.15) is 6.04 Å². The smallest absolute Gasteiger partial charge is 0.330 e. The molecule has 2 rings (SSSR count). The van der Waals surface area contributed by atoms with Gasteiger partial charge in [0.2, 0.25) is 5.91 Å². The molecule has 0 fully saturated rings. The lowest BCUT2D eigenvalue weighted by molar-refractivity contribution is -0.145. The molecule has 5 heteroatoms. The first kappa shape index (κ1) is 13.1. The Balaban J connectivity index is 2.25. The predicted molar refractivity (Wildman–Crippen MR) is 71.6 cm³/mol. The van der Waals surface area contributed by atoms with E-state index >= 15 is 0 Å². The standard InChI is InChI=1S/C14H16N2O3/c1-10(17)15-12(14(18)19-2)9-16-8-7-11-5-3-4-6-13(11)16/h3-8,12H,9H2,1-2H3,(H,15,17). The summed E-state index contributed by atoms with van der Waals surface area (Å²) in [5, 5.41) is 3.69. The summed E-state index contributed by atoms with van der Waals surface area (Å²) in [6, 6.07) is 9.15. The highest BCUT2D eigenvalue weighted by molar-refractivity contribution is 5.84. The van der Waals surface area contributed by atoms with Crippen LogP contribution in [0.25, 0.3) is 10.9 Å². The van der Waals surface area contributed by atoms with Gasteiger partial charge in [0.25, 0.3) is 0 Å². The molecule has 0 saturated heterocycles. The van der Waals surface area contributed by atoms with E-state index < -0.39 is 12.0 Å². The number of aromatic nitrogens is 1. The van der Waals surface area contributed by atoms with Gasteiger partial charge in [0, 0.05) is 18.6 Å². The van der Waals surface area contributed by atoms with E-state index in [-0.39, 0.29) is 5.91 Å². The zero-order valence-corrected chi connectivity index (χ0v) is 10.9. The average Bonchev–Trinajstić information content (AvgIpc) is 2.80. The quantitative estimate of drug-likeness (QED) is 0.843. The van der Waals surface area contributed by atoms with E-state index in [1.54, 1.807) is 0 Å². The fourth-order valence-corrected chi connectivity index (χ4v) is 2.06. The first-order valence-electron chi connectivity index (χ1n) is 6.00. The van der Waals surface area contributed by atoms with Crippen LogP contribution in [0.1, 0.15) is 6.92 Å². The largest absolute Gasteiger partial charge is 0.467 e. The van der Waals surface area contributed by atoms with Crippen molar-refractivity contribution in [2.75, 3.05) is 7.11 Å². The topological polar surface area (TPSA) is 60.3 Å². The normalized spacial score (nSPS) is 12.1. The monoisotopic (exact) mass is 260 g/mol. The lowest BCUT2D eigenvalue weighted by Crippen LogP contribution is -2.43. The van der Waals surface area contributed by atoms with Crippen molar-refractivity contribution in [3.8, 4) is 0 Å². The minimum atomic E-state index is -0.682. The molecule has 19 heavy (non-hydrogen) atoms. The van der Waals surface area contributed by atoms with Gasteiger partial charge in [-0.25, -0.2) is 4.79 Å². The first-order valence-corrected chi connectivity index (χ1v) is 6.00. The molecule has 2 aromatic rings. The second kappa shape index (κ2) is 5.56. The maximum atomic E-state index is 11.7. The molecular weight excluding hydrogens is 244 g/mol. The number of hydrogen-bond acceptors (Lipinski definition) is 3. The zero-order chi connectivity index (χ0) is 13.8. The number of carbonyl (C=O) groups is 2. The van der Waals surface area contributed by atoms with E-state index in [9.17, 15) is 9.59 Å². The average molecular weight is 260 g/mol. The van der Waals surface area contributed by atoms with Gasteiger partial charge in [-0.3, -0.25) is 4.79 Å². The summed E-state index contributed by atoms with van der Waals surface area (Å²) in [4.78, 5) is 22.8. The van der Waals surface area contributed by atoms with Crippen LogP contribution in [0.5, 0.6) is 0 Å². The number of esters is 1. The molecule has 1 unspecified atom stereocenters. The van der Waals surface area contributed by atoms with Crippen molar-refractivity contribution in [1.82, 2.24) is 9.88 Å². The number of methoxy groups -OCH3 is 1. The van der Waals surface area contributed by atoms with Crippen LogP contribution >= 0.6 is 0 Å². The third kappa shape index (κ3) is 2.93. The molecule has 1 N–H and O–H groups in total. The van der Waals surface area contributed by atoms with Crippen molar-refractivity contribution in [2.45, 2.75) is 19.5 Å². The van der Waals surface area contributed by atoms with Crippen LogP contribution in [0.15, 0.2) is 36.5 Å². The Morgan fingerprint density at radius 2 is 2.05 bits per heavy atom. The van der Waals surface area contributed by atoms with Crippen molar-refractivity contribution in [3.63, 3.8) is 0 Å². The maximum Gasteiger partial charge on any atom is 0.330 e. The molecule has 0 aliphatic carbocycles. The van der Waals surface area contributed by atoms with Crippen molar-refractivity contribution in [3.05, 3.63) is 36.5 Å². The van der Waals surface area contributed by atoms with Gasteiger partial charge in [-0.15, -0.1) is 0 Å². The summed E-state index contributed by atoms with van der Waals surface area (Å²) in [7, 11) is 1.31. The molecule has 5 nitrogen and oxygen atoms in total. The maximum absolute atomic E-state index is 11.7. The van der Waals surface area contributed by atoms with Crippen LogP contribution in [0.4, 0.5) is 0 Å². The number of para-hydroxylation sites is 1. The van der Waals surface area contributed by atoms with Crippen LogP contribution < -0.4 is 5.32 Å². The SMILES string of the molecule is COC(=O)C(Cn1ccc2ccccc21)NC(C)=O. The number of benzene rings is 1. The second-order valence-corrected chi connectivity index (χ2v) is 4.30. The van der Waals surface area contributed by atoms with E-state index in [0.29, 0.717) is 6.54 Å². The zero-order valence-electron chi connectivity index (χ0n) is 10.9. The second-order valence-electron chi connectivity index (χ2n) is 4.30. The highest BCUT2D eigenvalue weighted by Crippen LogP contribution is 2.15. The van der Waals surface area contributed by atoms with Crippen LogP contribution in [-0.2, 0) is 20.9 Å². The number of amides is 1. The molecule has 0 aliphatic rings. The van der Waals surface area contributed by atoms with Gasteiger partial charge in [-0.2, -0.15) is 0 Å². The molecule has 100 valence electrons. The summed E-state index contributed by atoms with van der Waals surface area (Å²) in [6.45, 7) is 1.73. The van der Waals surface area contributed by atoms with Gasteiger partial charge >= 0.3 is 5.97 Å². The molecule has 0 aliphatic heterocycles. The van der Waals surface area contributed by atoms with Crippen molar-refractivity contribution < 1.29 is 14.3 Å². The van der Waals surface area contributed by atoms with Crippen LogP contribution in [0, 0.1) is 0 Å². The number of ether oxygens (including phenoxy) is 1. The number of rotatable bonds is 4. The number of hydrogen-bond donors (Lipinski definition) is 1. The Kier molecular flexibility index (Phi) is 3.85. The third-order valence-electron chi connectivity index (χ3n) is 2.92. The molecule has 1 atom stereocenters. The third-order valence-corrected chi connectivity index (χ3v) is 2.92. The number of nitrogens with zero attached hydrogens (tertiary/aromatic N) is 1. The van der Waals surface area contributed by atoms with E-state index in [1.807, 2.05) is 41.1 Å². The van der Waals surface area contributed by atoms with E-state index in [2.05, 4.69) is 5.32 Å². The van der Waals surface area contributed by atoms with Gasteiger partial charge in [-0.1, -0.05) is 18.2 Å². The van der Waals surface area contributed by atoms with Crippen LogP contribution in [0.3, 0.4) is 0 Å². The number of nitrogens with one attached hydrogen (secondary N) is 1. The van der Waals surface area contributed by atoms with Crippen molar-refractivity contribution >= 4 is 22.8 Å². The van der Waals surface area contributed by atoms with Crippen molar-refractivity contribution in [2.24, 2.45) is 0 Å². The van der Waals surface area contributed by atoms with Crippen LogP contribution in [0.2, 0.25) is 0 Å². The molecule has 1 heterocycles. The molecule has 0 radical (unpaired) electrons. The van der Waals surface area contributed by atoms with Crippen LogP contribution in [-0.4, -0.2) is 29.6 Å². The Morgan fingerprint density at radius 3 is 2.74 bits per heavy atom. The molecule has 1 amide bonds. The van der Waals surface area contributed by atoms with Gasteiger partial charge in [-0.05, 0) is 17.5 Å². The van der Waals surface area contributed by atoms with Gasteiger partial charge in [0.15, 0.2) is 0 Å². The highest BCUT2D eigenvalue weighted by atomic mass is 16.5. The minimum absolute atomic E-state index is 0.258. The van der Waals surface area contributed by atoms with E-state index in [0.717, 1.165) is 10.9 Å². The van der Waals surface area contributed by atoms with Crippen molar-refractivity contribution in [1.29, 1.82) is 0 Å². The summed E-state index contributed by atoms with van der Waals surface area (Å²) in [6.07, 6.45) is 1.89. The Morgan fingerprint density at radius 1 is 1.32 bits per heavy atom. The summed E-state index contributed by atoms with van der Waals surface area (Å²) < 4.78 is 6.63. The fourth-order valence-electron chi connectivity index (χ4n) is 2.06. The number of carbonyl (C=O) groups excluding carboxylic acids is 2. The molecular formula is C14H16N2O3. The minimum Gasteiger partial charge on any atom is -0.467 e. The highest BCUT2D eigenvalue weighted by Gasteiger charge is 2.21. The summed E-state index contributed by atoms with van der Waals surface area (Å²) in [5.41, 5.74) is 1.02. The van der Waals surface area contributed by atoms with Gasteiger partial charge < -0.3 is 14.6 Å². The summed E-state index contributed by atoms with van der Waals surface area (Å²) >= 11 is 0. The predicted octanol–water partition coefficient (Wildman–Crippen LogP) is 1.32. The molecule has 1 aromatic carbocycles. The lowest BCUT2D eigenvalue weighted by atomic mass is 10.2.